The number of methoxy groups -OCH3 is 2. The number of carbonyl (C=O) groups is 1. The van der Waals surface area contributed by atoms with Gasteiger partial charge in [-0.05, 0) is 24.7 Å². The van der Waals surface area contributed by atoms with Crippen LogP contribution < -0.4 is 9.47 Å². The lowest BCUT2D eigenvalue weighted by Crippen LogP contribution is -2.25. The summed E-state index contributed by atoms with van der Waals surface area (Å²) in [5, 5.41) is 8.41. The molecule has 0 radical (unpaired) electrons. The minimum atomic E-state index is -0.811. The SMILES string of the molecule is COc1ccc(C(Cl)CN(C)CCC(=O)O)cc1OC. The summed E-state index contributed by atoms with van der Waals surface area (Å²) in [4.78, 5) is 12.4. The number of rotatable bonds is 8. The Balaban J connectivity index is 2.67. The number of ether oxygens (including phenoxy) is 2. The van der Waals surface area contributed by atoms with Crippen molar-refractivity contribution in [1.29, 1.82) is 0 Å². The van der Waals surface area contributed by atoms with Crippen LogP contribution in [0.2, 0.25) is 0 Å². The Labute approximate surface area is 124 Å². The third kappa shape index (κ3) is 4.90. The summed E-state index contributed by atoms with van der Waals surface area (Å²) in [7, 11) is 5.00. The number of hydrogen-bond acceptors (Lipinski definition) is 4. The minimum Gasteiger partial charge on any atom is -0.493 e. The molecule has 0 saturated carbocycles. The fraction of sp³-hybridized carbons (Fsp3) is 0.500. The van der Waals surface area contributed by atoms with Crippen molar-refractivity contribution in [3.05, 3.63) is 23.8 Å². The number of alkyl halides is 1. The summed E-state index contributed by atoms with van der Waals surface area (Å²) >= 11 is 6.36. The van der Waals surface area contributed by atoms with Gasteiger partial charge < -0.3 is 19.5 Å². The van der Waals surface area contributed by atoms with E-state index in [2.05, 4.69) is 0 Å². The van der Waals surface area contributed by atoms with Gasteiger partial charge in [0.05, 0.1) is 26.0 Å². The Bertz CT molecular complexity index is 453. The number of benzene rings is 1. The maximum absolute atomic E-state index is 10.5. The largest absolute Gasteiger partial charge is 0.493 e. The van der Waals surface area contributed by atoms with Crippen molar-refractivity contribution in [3.8, 4) is 11.5 Å². The van der Waals surface area contributed by atoms with Gasteiger partial charge in [-0.3, -0.25) is 4.79 Å². The van der Waals surface area contributed by atoms with Crippen LogP contribution in [0, 0.1) is 0 Å². The van der Waals surface area contributed by atoms with E-state index in [0.29, 0.717) is 24.6 Å². The van der Waals surface area contributed by atoms with Crippen LogP contribution >= 0.6 is 11.6 Å². The molecule has 0 aliphatic carbocycles. The molecule has 1 aromatic rings. The molecule has 5 nitrogen and oxygen atoms in total. The molecule has 112 valence electrons. The third-order valence-electron chi connectivity index (χ3n) is 2.95. The lowest BCUT2D eigenvalue weighted by atomic mass is 10.1. The Morgan fingerprint density at radius 2 is 2.00 bits per heavy atom. The van der Waals surface area contributed by atoms with Crippen molar-refractivity contribution < 1.29 is 19.4 Å². The summed E-state index contributed by atoms with van der Waals surface area (Å²) in [6, 6.07) is 5.52. The molecule has 0 aliphatic heterocycles. The molecule has 0 amide bonds. The van der Waals surface area contributed by atoms with Crippen LogP contribution in [0.15, 0.2) is 18.2 Å². The highest BCUT2D eigenvalue weighted by Gasteiger charge is 2.14. The zero-order valence-corrected chi connectivity index (χ0v) is 12.7. The van der Waals surface area contributed by atoms with Gasteiger partial charge in [0.25, 0.3) is 0 Å². The van der Waals surface area contributed by atoms with Crippen LogP contribution in [0.25, 0.3) is 0 Å². The van der Waals surface area contributed by atoms with Crippen LogP contribution in [0.4, 0.5) is 0 Å². The van der Waals surface area contributed by atoms with Crippen LogP contribution in [0.3, 0.4) is 0 Å². The van der Waals surface area contributed by atoms with Crippen molar-refractivity contribution in [3.63, 3.8) is 0 Å². The Hall–Kier alpha value is -1.46. The standard InChI is InChI=1S/C14H20ClNO4/c1-16(7-6-14(17)18)9-11(15)10-4-5-12(19-2)13(8-10)20-3/h4-5,8,11H,6-7,9H2,1-3H3,(H,17,18). The van der Waals surface area contributed by atoms with E-state index in [4.69, 9.17) is 26.2 Å². The monoisotopic (exact) mass is 301 g/mol. The van der Waals surface area contributed by atoms with Gasteiger partial charge in [-0.15, -0.1) is 11.6 Å². The normalized spacial score (nSPS) is 12.2. The number of halogens is 1. The molecule has 1 unspecified atom stereocenters. The molecule has 0 saturated heterocycles. The Kier molecular flexibility index (Phi) is 6.61. The molecule has 0 fully saturated rings. The number of nitrogens with zero attached hydrogens (tertiary/aromatic N) is 1. The van der Waals surface area contributed by atoms with Crippen molar-refractivity contribution in [2.45, 2.75) is 11.8 Å². The van der Waals surface area contributed by atoms with E-state index in [1.807, 2.05) is 24.1 Å². The average molecular weight is 302 g/mol. The highest BCUT2D eigenvalue weighted by Crippen LogP contribution is 2.32. The van der Waals surface area contributed by atoms with Gasteiger partial charge in [0.1, 0.15) is 0 Å². The molecule has 0 bridgehead atoms. The van der Waals surface area contributed by atoms with Gasteiger partial charge in [-0.2, -0.15) is 0 Å². The second-order valence-corrected chi connectivity index (χ2v) is 5.01. The quantitative estimate of drug-likeness (QED) is 0.747. The third-order valence-corrected chi connectivity index (χ3v) is 3.34. The topological polar surface area (TPSA) is 59.0 Å². The molecule has 6 heteroatoms. The van der Waals surface area contributed by atoms with Crippen molar-refractivity contribution in [1.82, 2.24) is 4.90 Å². The molecule has 1 aromatic carbocycles. The highest BCUT2D eigenvalue weighted by atomic mass is 35.5. The van der Waals surface area contributed by atoms with Crippen molar-refractivity contribution in [2.75, 3.05) is 34.4 Å². The van der Waals surface area contributed by atoms with Gasteiger partial charge >= 0.3 is 5.97 Å². The number of carboxylic acid groups (broad SMARTS) is 1. The van der Waals surface area contributed by atoms with Crippen molar-refractivity contribution in [2.24, 2.45) is 0 Å². The first-order chi connectivity index (χ1) is 9.47. The first kappa shape index (κ1) is 16.6. The van der Waals surface area contributed by atoms with E-state index in [9.17, 15) is 4.79 Å². The lowest BCUT2D eigenvalue weighted by Gasteiger charge is -2.20. The second-order valence-electron chi connectivity index (χ2n) is 4.49. The summed E-state index contributed by atoms with van der Waals surface area (Å²) < 4.78 is 10.4. The second kappa shape index (κ2) is 7.97. The van der Waals surface area contributed by atoms with Crippen LogP contribution in [0.5, 0.6) is 11.5 Å². The predicted octanol–water partition coefficient (Wildman–Crippen LogP) is 2.39. The van der Waals surface area contributed by atoms with Gasteiger partial charge in [0.15, 0.2) is 11.5 Å². The van der Waals surface area contributed by atoms with E-state index < -0.39 is 5.97 Å². The van der Waals surface area contributed by atoms with E-state index in [0.717, 1.165) is 5.56 Å². The number of hydrogen-bond donors (Lipinski definition) is 1. The lowest BCUT2D eigenvalue weighted by molar-refractivity contribution is -0.137. The molecule has 0 aromatic heterocycles. The first-order valence-corrected chi connectivity index (χ1v) is 6.68. The molecular weight excluding hydrogens is 282 g/mol. The Morgan fingerprint density at radius 1 is 1.35 bits per heavy atom. The fourth-order valence-corrected chi connectivity index (χ4v) is 2.18. The van der Waals surface area contributed by atoms with E-state index >= 15 is 0 Å². The fourth-order valence-electron chi connectivity index (χ4n) is 1.80. The molecule has 0 spiro atoms. The maximum Gasteiger partial charge on any atom is 0.304 e. The van der Waals surface area contributed by atoms with Crippen molar-refractivity contribution >= 4 is 17.6 Å². The van der Waals surface area contributed by atoms with E-state index in [1.54, 1.807) is 20.3 Å². The number of likely N-dealkylation sites (N-methyl/N-ethyl adjacent to an activating group) is 1. The van der Waals surface area contributed by atoms with Crippen LogP contribution in [0.1, 0.15) is 17.4 Å². The zero-order chi connectivity index (χ0) is 15.1. The summed E-state index contributed by atoms with van der Waals surface area (Å²) in [6.45, 7) is 1.02. The first-order valence-electron chi connectivity index (χ1n) is 6.24. The molecule has 1 atom stereocenters. The van der Waals surface area contributed by atoms with Gasteiger partial charge in [-0.1, -0.05) is 6.07 Å². The zero-order valence-electron chi connectivity index (χ0n) is 11.9. The number of aliphatic carboxylic acids is 1. The molecule has 1 N–H and O–H groups in total. The van der Waals surface area contributed by atoms with Gasteiger partial charge in [0.2, 0.25) is 0 Å². The van der Waals surface area contributed by atoms with E-state index in [-0.39, 0.29) is 11.8 Å². The minimum absolute atomic E-state index is 0.103. The summed E-state index contributed by atoms with van der Waals surface area (Å²) in [5.74, 6) is 0.470. The molecular formula is C14H20ClNO4. The molecule has 1 rings (SSSR count). The average Bonchev–Trinajstić information content (AvgIpc) is 2.44. The van der Waals surface area contributed by atoms with Crippen LogP contribution in [-0.4, -0.2) is 50.3 Å². The predicted molar refractivity (Wildman–Crippen MR) is 77.9 cm³/mol. The smallest absolute Gasteiger partial charge is 0.304 e. The summed E-state index contributed by atoms with van der Waals surface area (Å²) in [5.41, 5.74) is 0.909. The number of carboxylic acids is 1. The summed E-state index contributed by atoms with van der Waals surface area (Å²) in [6.07, 6.45) is 0.103. The Morgan fingerprint density at radius 3 is 2.55 bits per heavy atom. The van der Waals surface area contributed by atoms with Gasteiger partial charge in [-0.25, -0.2) is 0 Å². The van der Waals surface area contributed by atoms with E-state index in [1.165, 1.54) is 0 Å². The van der Waals surface area contributed by atoms with Gasteiger partial charge in [0, 0.05) is 13.1 Å². The molecule has 0 aliphatic rings. The highest BCUT2D eigenvalue weighted by molar-refractivity contribution is 6.21. The van der Waals surface area contributed by atoms with Crippen LogP contribution in [-0.2, 0) is 4.79 Å². The maximum atomic E-state index is 10.5. The molecule has 0 heterocycles. The molecule has 20 heavy (non-hydrogen) atoms.